The number of anilines is 1. The standard InChI is InChI=1S/C22H29N5O4S/c28-20(23-18-7-11-31-19-6-2-1-5-17(18)19)15-32-22-25-24-21(26-8-12-29-13-9-26)27(22)14-16-4-3-10-30-16/h1-2,5-6,16,18H,3-4,7-15H2,(H,23,28). The molecule has 172 valence electrons. The molecule has 0 aliphatic carbocycles. The molecule has 2 unspecified atom stereocenters. The van der Waals surface area contributed by atoms with Crippen molar-refractivity contribution in [2.75, 3.05) is 50.2 Å². The number of benzene rings is 1. The predicted molar refractivity (Wildman–Crippen MR) is 120 cm³/mol. The molecule has 0 bridgehead atoms. The van der Waals surface area contributed by atoms with Crippen LogP contribution in [0.25, 0.3) is 0 Å². The molecule has 2 aromatic rings. The van der Waals surface area contributed by atoms with Crippen molar-refractivity contribution in [2.45, 2.75) is 43.1 Å². The van der Waals surface area contributed by atoms with Crippen molar-refractivity contribution < 1.29 is 19.0 Å². The van der Waals surface area contributed by atoms with Gasteiger partial charge in [-0.15, -0.1) is 10.2 Å². The van der Waals surface area contributed by atoms with Crippen LogP contribution in [0.2, 0.25) is 0 Å². The van der Waals surface area contributed by atoms with Crippen LogP contribution in [0.15, 0.2) is 29.4 Å². The zero-order chi connectivity index (χ0) is 21.8. The zero-order valence-electron chi connectivity index (χ0n) is 18.1. The third-order valence-electron chi connectivity index (χ3n) is 6.03. The fourth-order valence-electron chi connectivity index (χ4n) is 4.39. The zero-order valence-corrected chi connectivity index (χ0v) is 18.9. The number of para-hydroxylation sites is 1. The van der Waals surface area contributed by atoms with Crippen molar-refractivity contribution in [3.05, 3.63) is 29.8 Å². The fraction of sp³-hybridized carbons (Fsp3) is 0.591. The molecule has 3 aliphatic heterocycles. The van der Waals surface area contributed by atoms with Crippen LogP contribution >= 0.6 is 11.8 Å². The quantitative estimate of drug-likeness (QED) is 0.629. The summed E-state index contributed by atoms with van der Waals surface area (Å²) in [6.07, 6.45) is 3.05. The van der Waals surface area contributed by atoms with Crippen LogP contribution in [0.4, 0.5) is 5.95 Å². The molecule has 9 nitrogen and oxygen atoms in total. The Kier molecular flexibility index (Phi) is 6.80. The number of nitrogens with zero attached hydrogens (tertiary/aromatic N) is 4. The van der Waals surface area contributed by atoms with E-state index in [0.29, 0.717) is 26.4 Å². The summed E-state index contributed by atoms with van der Waals surface area (Å²) in [4.78, 5) is 15.0. The SMILES string of the molecule is O=C(CSc1nnc(N2CCOCC2)n1CC1CCCO1)NC1CCOc2ccccc21. The number of thioether (sulfide) groups is 1. The van der Waals surface area contributed by atoms with E-state index in [9.17, 15) is 4.79 Å². The molecule has 1 amide bonds. The van der Waals surface area contributed by atoms with E-state index in [0.717, 1.165) is 61.4 Å². The fourth-order valence-corrected chi connectivity index (χ4v) is 5.15. The van der Waals surface area contributed by atoms with Crippen LogP contribution in [0.1, 0.15) is 30.9 Å². The third kappa shape index (κ3) is 4.87. The molecule has 1 N–H and O–H groups in total. The number of carbonyl (C=O) groups excluding carboxylic acids is 1. The number of amides is 1. The molecule has 2 atom stereocenters. The average Bonchev–Trinajstić information content (AvgIpc) is 3.49. The van der Waals surface area contributed by atoms with Crippen LogP contribution in [-0.2, 0) is 20.8 Å². The molecule has 32 heavy (non-hydrogen) atoms. The third-order valence-corrected chi connectivity index (χ3v) is 6.99. The molecular weight excluding hydrogens is 430 g/mol. The Balaban J connectivity index is 1.25. The predicted octanol–water partition coefficient (Wildman–Crippen LogP) is 2.03. The van der Waals surface area contributed by atoms with E-state index in [1.807, 2.05) is 24.3 Å². The first-order valence-electron chi connectivity index (χ1n) is 11.3. The number of aromatic nitrogens is 3. The lowest BCUT2D eigenvalue weighted by molar-refractivity contribution is -0.119. The molecule has 1 aromatic heterocycles. The normalized spacial score (nSPS) is 22.9. The van der Waals surface area contributed by atoms with Crippen LogP contribution < -0.4 is 15.0 Å². The van der Waals surface area contributed by atoms with E-state index in [-0.39, 0.29) is 23.8 Å². The molecule has 2 fully saturated rings. The first kappa shape index (κ1) is 21.5. The Morgan fingerprint density at radius 3 is 2.84 bits per heavy atom. The lowest BCUT2D eigenvalue weighted by atomic mass is 10.0. The van der Waals surface area contributed by atoms with Crippen LogP contribution in [0, 0.1) is 0 Å². The Bertz CT molecular complexity index is 927. The lowest BCUT2D eigenvalue weighted by Gasteiger charge is -2.28. The van der Waals surface area contributed by atoms with Gasteiger partial charge in [0, 0.05) is 31.7 Å². The van der Waals surface area contributed by atoms with Gasteiger partial charge in [0.1, 0.15) is 5.75 Å². The monoisotopic (exact) mass is 459 g/mol. The van der Waals surface area contributed by atoms with Gasteiger partial charge in [0.15, 0.2) is 5.16 Å². The van der Waals surface area contributed by atoms with E-state index in [1.54, 1.807) is 0 Å². The molecule has 0 saturated carbocycles. The van der Waals surface area contributed by atoms with Gasteiger partial charge in [-0.1, -0.05) is 30.0 Å². The number of rotatable bonds is 7. The summed E-state index contributed by atoms with van der Waals surface area (Å²) in [6.45, 7) is 5.06. The summed E-state index contributed by atoms with van der Waals surface area (Å²) in [5.74, 6) is 1.95. The van der Waals surface area contributed by atoms with Crippen molar-refractivity contribution >= 4 is 23.6 Å². The average molecular weight is 460 g/mol. The summed E-state index contributed by atoms with van der Waals surface area (Å²) in [7, 11) is 0. The van der Waals surface area contributed by atoms with E-state index >= 15 is 0 Å². The molecule has 10 heteroatoms. The first-order chi connectivity index (χ1) is 15.8. The van der Waals surface area contributed by atoms with Gasteiger partial charge in [-0.3, -0.25) is 9.36 Å². The van der Waals surface area contributed by atoms with Crippen molar-refractivity contribution in [3.8, 4) is 5.75 Å². The maximum Gasteiger partial charge on any atom is 0.230 e. The van der Waals surface area contributed by atoms with Gasteiger partial charge in [0.05, 0.1) is 44.3 Å². The second-order valence-corrected chi connectivity index (χ2v) is 9.15. The van der Waals surface area contributed by atoms with Crippen molar-refractivity contribution in [3.63, 3.8) is 0 Å². The van der Waals surface area contributed by atoms with Crippen molar-refractivity contribution in [1.82, 2.24) is 20.1 Å². The lowest BCUT2D eigenvalue weighted by Crippen LogP contribution is -2.38. The van der Waals surface area contributed by atoms with E-state index < -0.39 is 0 Å². The number of carbonyl (C=O) groups is 1. The maximum atomic E-state index is 12.8. The highest BCUT2D eigenvalue weighted by Gasteiger charge is 2.26. The molecule has 2 saturated heterocycles. The Morgan fingerprint density at radius 1 is 1.12 bits per heavy atom. The number of ether oxygens (including phenoxy) is 3. The second-order valence-electron chi connectivity index (χ2n) is 8.21. The summed E-state index contributed by atoms with van der Waals surface area (Å²) in [5, 5.41) is 12.8. The van der Waals surface area contributed by atoms with Gasteiger partial charge >= 0.3 is 0 Å². The number of fused-ring (bicyclic) bond motifs is 1. The van der Waals surface area contributed by atoms with Gasteiger partial charge in [-0.25, -0.2) is 0 Å². The van der Waals surface area contributed by atoms with Gasteiger partial charge in [0.25, 0.3) is 0 Å². The van der Waals surface area contributed by atoms with Crippen LogP contribution in [-0.4, -0.2) is 72.0 Å². The topological polar surface area (TPSA) is 90.7 Å². The molecule has 3 aliphatic rings. The molecule has 0 spiro atoms. The van der Waals surface area contributed by atoms with E-state index in [4.69, 9.17) is 14.2 Å². The minimum atomic E-state index is -0.0262. The maximum absolute atomic E-state index is 12.8. The summed E-state index contributed by atoms with van der Waals surface area (Å²) < 4.78 is 19.2. The summed E-state index contributed by atoms with van der Waals surface area (Å²) >= 11 is 1.43. The molecule has 1 aromatic carbocycles. The smallest absolute Gasteiger partial charge is 0.230 e. The summed E-state index contributed by atoms with van der Waals surface area (Å²) in [5.41, 5.74) is 1.04. The van der Waals surface area contributed by atoms with Crippen molar-refractivity contribution in [1.29, 1.82) is 0 Å². The van der Waals surface area contributed by atoms with Crippen molar-refractivity contribution in [2.24, 2.45) is 0 Å². The van der Waals surface area contributed by atoms with Gasteiger partial charge in [-0.2, -0.15) is 0 Å². The van der Waals surface area contributed by atoms with E-state index in [1.165, 1.54) is 11.8 Å². The largest absolute Gasteiger partial charge is 0.493 e. The highest BCUT2D eigenvalue weighted by Crippen LogP contribution is 2.32. The van der Waals surface area contributed by atoms with Gasteiger partial charge in [-0.05, 0) is 18.9 Å². The highest BCUT2D eigenvalue weighted by atomic mass is 32.2. The molecule has 0 radical (unpaired) electrons. The highest BCUT2D eigenvalue weighted by molar-refractivity contribution is 7.99. The van der Waals surface area contributed by atoms with Gasteiger partial charge < -0.3 is 24.4 Å². The first-order valence-corrected chi connectivity index (χ1v) is 12.3. The van der Waals surface area contributed by atoms with Crippen LogP contribution in [0.5, 0.6) is 5.75 Å². The molecule has 4 heterocycles. The molecular formula is C22H29N5O4S. The Morgan fingerprint density at radius 2 is 2.00 bits per heavy atom. The minimum absolute atomic E-state index is 0.0173. The number of morpholine rings is 1. The summed E-state index contributed by atoms with van der Waals surface area (Å²) in [6, 6.07) is 7.86. The van der Waals surface area contributed by atoms with E-state index in [2.05, 4.69) is 25.0 Å². The number of hydrogen-bond acceptors (Lipinski definition) is 8. The Labute approximate surface area is 191 Å². The minimum Gasteiger partial charge on any atom is -0.493 e. The second kappa shape index (κ2) is 10.1. The van der Waals surface area contributed by atoms with Crippen LogP contribution in [0.3, 0.4) is 0 Å². The van der Waals surface area contributed by atoms with Gasteiger partial charge in [0.2, 0.25) is 11.9 Å². The number of hydrogen-bond donors (Lipinski definition) is 1. The Hall–Kier alpha value is -2.30. The molecule has 5 rings (SSSR count). The number of nitrogens with one attached hydrogen (secondary N) is 1.